The van der Waals surface area contributed by atoms with Crippen molar-refractivity contribution in [1.29, 1.82) is 0 Å². The van der Waals surface area contributed by atoms with Crippen molar-refractivity contribution in [3.8, 4) is 0 Å². The van der Waals surface area contributed by atoms with Crippen molar-refractivity contribution < 1.29 is 4.79 Å². The van der Waals surface area contributed by atoms with Gasteiger partial charge in [0.05, 0.1) is 11.6 Å². The highest BCUT2D eigenvalue weighted by molar-refractivity contribution is 5.74. The number of carbonyl (C=O) groups is 1. The molecular formula is C11H12N4O. The van der Waals surface area contributed by atoms with Crippen LogP contribution in [-0.4, -0.2) is 23.9 Å². The van der Waals surface area contributed by atoms with E-state index in [0.29, 0.717) is 13.0 Å². The topological polar surface area (TPSA) is 66.6 Å². The molecule has 0 radical (unpaired) electrons. The van der Waals surface area contributed by atoms with E-state index in [9.17, 15) is 4.79 Å². The molecule has 1 unspecified atom stereocenters. The molecule has 5 heteroatoms. The van der Waals surface area contributed by atoms with Crippen LogP contribution in [0.2, 0.25) is 0 Å². The average Bonchev–Trinajstić information content (AvgIpc) is 2.92. The molecule has 3 rings (SSSR count). The van der Waals surface area contributed by atoms with E-state index in [1.54, 1.807) is 0 Å². The van der Waals surface area contributed by atoms with Gasteiger partial charge in [-0.3, -0.25) is 5.43 Å². The smallest absolute Gasteiger partial charge is 0.131 e. The molecule has 3 heterocycles. The zero-order chi connectivity index (χ0) is 11.0. The van der Waals surface area contributed by atoms with Gasteiger partial charge < -0.3 is 15.0 Å². The molecule has 0 saturated carbocycles. The van der Waals surface area contributed by atoms with Gasteiger partial charge in [-0.25, -0.2) is 0 Å². The Bertz CT molecular complexity index is 447. The lowest BCUT2D eigenvalue weighted by molar-refractivity contribution is -0.107. The van der Waals surface area contributed by atoms with Gasteiger partial charge in [0, 0.05) is 31.1 Å². The molecule has 0 aromatic heterocycles. The summed E-state index contributed by atoms with van der Waals surface area (Å²) < 4.78 is 0. The van der Waals surface area contributed by atoms with Gasteiger partial charge in [-0.05, 0) is 12.2 Å². The predicted octanol–water partition coefficient (Wildman–Crippen LogP) is 0.266. The SMILES string of the molecule is O=CCCN1C=CC=C2NN=CC2C2=C1N2. The first kappa shape index (κ1) is 9.21. The molecule has 2 N–H and O–H groups in total. The first-order chi connectivity index (χ1) is 7.90. The Balaban J connectivity index is 1.85. The van der Waals surface area contributed by atoms with Crippen LogP contribution in [0.15, 0.2) is 40.7 Å². The summed E-state index contributed by atoms with van der Waals surface area (Å²) in [7, 11) is 0. The molecule has 0 aromatic carbocycles. The van der Waals surface area contributed by atoms with Crippen molar-refractivity contribution >= 4 is 12.5 Å². The van der Waals surface area contributed by atoms with E-state index < -0.39 is 0 Å². The number of hydrogen-bond acceptors (Lipinski definition) is 5. The van der Waals surface area contributed by atoms with Crippen molar-refractivity contribution in [2.45, 2.75) is 6.42 Å². The fourth-order valence-corrected chi connectivity index (χ4v) is 1.96. The number of fused-ring (bicyclic) bond motifs is 2. The third-order valence-corrected chi connectivity index (χ3v) is 2.83. The van der Waals surface area contributed by atoms with Gasteiger partial charge in [0.2, 0.25) is 0 Å². The Morgan fingerprint density at radius 1 is 1.56 bits per heavy atom. The summed E-state index contributed by atoms with van der Waals surface area (Å²) in [6, 6.07) is 0. The third kappa shape index (κ3) is 1.41. The maximum atomic E-state index is 10.4. The molecule has 0 aromatic rings. The Morgan fingerprint density at radius 3 is 3.38 bits per heavy atom. The predicted molar refractivity (Wildman–Crippen MR) is 59.9 cm³/mol. The maximum absolute atomic E-state index is 10.4. The highest BCUT2D eigenvalue weighted by atomic mass is 16.1. The second-order valence-electron chi connectivity index (χ2n) is 3.87. The van der Waals surface area contributed by atoms with E-state index in [0.717, 1.165) is 17.8 Å². The Morgan fingerprint density at radius 2 is 2.50 bits per heavy atom. The molecule has 82 valence electrons. The molecule has 1 atom stereocenters. The molecule has 0 bridgehead atoms. The number of hydrazone groups is 1. The number of allylic oxidation sites excluding steroid dienone is 2. The Kier molecular flexibility index (Phi) is 2.02. The standard InChI is InChI=1S/C11H12N4O/c16-6-2-5-15-4-1-3-9-8(7-12-14-9)10-11(15)13-10/h1,3-4,6-8,13-14H,2,5H2. The van der Waals surface area contributed by atoms with E-state index in [2.05, 4.69) is 20.7 Å². The van der Waals surface area contributed by atoms with Crippen molar-refractivity contribution in [3.63, 3.8) is 0 Å². The summed E-state index contributed by atoms with van der Waals surface area (Å²) in [5.41, 5.74) is 5.23. The van der Waals surface area contributed by atoms with Crippen LogP contribution in [0.25, 0.3) is 0 Å². The molecule has 0 spiro atoms. The van der Waals surface area contributed by atoms with Crippen LogP contribution in [0.4, 0.5) is 0 Å². The molecule has 3 aliphatic heterocycles. The second-order valence-corrected chi connectivity index (χ2v) is 3.87. The zero-order valence-electron chi connectivity index (χ0n) is 8.68. The number of hydrogen-bond donors (Lipinski definition) is 2. The largest absolute Gasteiger partial charge is 0.340 e. The average molecular weight is 216 g/mol. The molecule has 0 fully saturated rings. The van der Waals surface area contributed by atoms with Crippen LogP contribution in [-0.2, 0) is 4.79 Å². The van der Waals surface area contributed by atoms with Crippen LogP contribution in [0.1, 0.15) is 6.42 Å². The van der Waals surface area contributed by atoms with Crippen LogP contribution in [0.3, 0.4) is 0 Å². The molecule has 0 aliphatic carbocycles. The molecule has 0 amide bonds. The maximum Gasteiger partial charge on any atom is 0.131 e. The minimum absolute atomic E-state index is 0.221. The molecule has 3 aliphatic rings. The summed E-state index contributed by atoms with van der Waals surface area (Å²) in [6.07, 6.45) is 9.32. The van der Waals surface area contributed by atoms with Gasteiger partial charge in [0.15, 0.2) is 0 Å². The number of nitrogens with zero attached hydrogens (tertiary/aromatic N) is 2. The van der Waals surface area contributed by atoms with E-state index >= 15 is 0 Å². The monoisotopic (exact) mass is 216 g/mol. The van der Waals surface area contributed by atoms with Crippen LogP contribution >= 0.6 is 0 Å². The third-order valence-electron chi connectivity index (χ3n) is 2.83. The molecule has 5 nitrogen and oxygen atoms in total. The fourth-order valence-electron chi connectivity index (χ4n) is 1.96. The number of carbonyl (C=O) groups excluding carboxylic acids is 1. The van der Waals surface area contributed by atoms with Crippen molar-refractivity contribution in [3.05, 3.63) is 35.6 Å². The van der Waals surface area contributed by atoms with Crippen LogP contribution < -0.4 is 10.7 Å². The lowest BCUT2D eigenvalue weighted by Gasteiger charge is -2.14. The van der Waals surface area contributed by atoms with Gasteiger partial charge in [0.1, 0.15) is 12.1 Å². The first-order valence-corrected chi connectivity index (χ1v) is 5.29. The summed E-state index contributed by atoms with van der Waals surface area (Å²) in [6.45, 7) is 0.715. The lowest BCUT2D eigenvalue weighted by Crippen LogP contribution is -2.16. The van der Waals surface area contributed by atoms with Gasteiger partial charge in [0.25, 0.3) is 0 Å². The lowest BCUT2D eigenvalue weighted by atomic mass is 10.1. The zero-order valence-corrected chi connectivity index (χ0v) is 8.68. The molecular weight excluding hydrogens is 204 g/mol. The molecule has 16 heavy (non-hydrogen) atoms. The quantitative estimate of drug-likeness (QED) is 0.664. The van der Waals surface area contributed by atoms with E-state index in [4.69, 9.17) is 0 Å². The van der Waals surface area contributed by atoms with E-state index in [1.165, 1.54) is 5.70 Å². The van der Waals surface area contributed by atoms with E-state index in [-0.39, 0.29) is 5.92 Å². The highest BCUT2D eigenvalue weighted by Gasteiger charge is 2.36. The minimum Gasteiger partial charge on any atom is -0.340 e. The van der Waals surface area contributed by atoms with Gasteiger partial charge in [-0.15, -0.1) is 0 Å². The number of aldehydes is 1. The van der Waals surface area contributed by atoms with Gasteiger partial charge in [-0.2, -0.15) is 5.10 Å². The Hall–Kier alpha value is -2.04. The van der Waals surface area contributed by atoms with Gasteiger partial charge in [-0.1, -0.05) is 0 Å². The number of nitrogens with one attached hydrogen (secondary N) is 2. The van der Waals surface area contributed by atoms with Crippen LogP contribution in [0.5, 0.6) is 0 Å². The van der Waals surface area contributed by atoms with Crippen molar-refractivity contribution in [2.75, 3.05) is 6.54 Å². The molecule has 0 saturated heterocycles. The number of rotatable bonds is 3. The van der Waals surface area contributed by atoms with Crippen molar-refractivity contribution in [2.24, 2.45) is 11.0 Å². The first-order valence-electron chi connectivity index (χ1n) is 5.29. The fraction of sp³-hybridized carbons (Fsp3) is 0.273. The summed E-state index contributed by atoms with van der Waals surface area (Å²) in [5.74, 6) is 1.32. The normalized spacial score (nSPS) is 24.9. The Labute approximate surface area is 93.2 Å². The summed E-state index contributed by atoms with van der Waals surface area (Å²) >= 11 is 0. The minimum atomic E-state index is 0.221. The second kappa shape index (κ2) is 3.52. The van der Waals surface area contributed by atoms with Gasteiger partial charge >= 0.3 is 0 Å². The summed E-state index contributed by atoms with van der Waals surface area (Å²) in [5, 5.41) is 7.31. The summed E-state index contributed by atoms with van der Waals surface area (Å²) in [4.78, 5) is 12.4. The van der Waals surface area contributed by atoms with Crippen molar-refractivity contribution in [1.82, 2.24) is 15.6 Å². The van der Waals surface area contributed by atoms with Crippen LogP contribution in [0, 0.1) is 5.92 Å². The highest BCUT2D eigenvalue weighted by Crippen LogP contribution is 2.33. The van der Waals surface area contributed by atoms with E-state index in [1.807, 2.05) is 24.6 Å².